The first-order chi connectivity index (χ1) is 13.3. The summed E-state index contributed by atoms with van der Waals surface area (Å²) in [5.41, 5.74) is 2.53. The highest BCUT2D eigenvalue weighted by atomic mass is 16.5. The summed E-state index contributed by atoms with van der Waals surface area (Å²) in [6, 6.07) is 15.1. The number of carbonyl (C=O) groups excluding carboxylic acids is 2. The molecule has 0 aromatic heterocycles. The lowest BCUT2D eigenvalue weighted by atomic mass is 10.1. The molecule has 0 radical (unpaired) electrons. The zero-order chi connectivity index (χ0) is 20.7. The summed E-state index contributed by atoms with van der Waals surface area (Å²) in [6.45, 7) is 7.05. The average Bonchev–Trinajstić information content (AvgIpc) is 2.67. The van der Waals surface area contributed by atoms with Gasteiger partial charge in [0.05, 0.1) is 12.5 Å². The molecule has 28 heavy (non-hydrogen) atoms. The topological polar surface area (TPSA) is 49.9 Å². The van der Waals surface area contributed by atoms with E-state index in [0.29, 0.717) is 25.1 Å². The third kappa shape index (κ3) is 5.84. The molecule has 0 saturated carbocycles. The van der Waals surface area contributed by atoms with E-state index in [2.05, 4.69) is 0 Å². The molecule has 0 N–H and O–H groups in total. The van der Waals surface area contributed by atoms with Crippen LogP contribution in [0, 0.1) is 0 Å². The molecule has 0 heterocycles. The SMILES string of the molecule is CCN(Cc1ccc(C(=O)N(C)C)cc1)C(=O)Cc1ccccc1OC(C)C. The Kier molecular flexibility index (Phi) is 7.61. The van der Waals surface area contributed by atoms with E-state index in [-0.39, 0.29) is 17.9 Å². The fraction of sp³-hybridized carbons (Fsp3) is 0.391. The first-order valence-corrected chi connectivity index (χ1v) is 9.64. The molecule has 2 aromatic carbocycles. The van der Waals surface area contributed by atoms with Crippen LogP contribution in [-0.2, 0) is 17.8 Å². The standard InChI is InChI=1S/C23H30N2O3/c1-6-25(16-18-11-13-19(14-12-18)23(27)24(4)5)22(26)15-20-9-7-8-10-21(20)28-17(2)3/h7-14,17H,6,15-16H2,1-5H3. The van der Waals surface area contributed by atoms with Crippen molar-refractivity contribution >= 4 is 11.8 Å². The van der Waals surface area contributed by atoms with Crippen molar-refractivity contribution in [2.45, 2.75) is 39.8 Å². The first kappa shape index (κ1) is 21.5. The van der Waals surface area contributed by atoms with Crippen molar-refractivity contribution in [3.8, 4) is 5.75 Å². The summed E-state index contributed by atoms with van der Waals surface area (Å²) in [4.78, 5) is 28.2. The number of benzene rings is 2. The van der Waals surface area contributed by atoms with Crippen molar-refractivity contribution in [3.63, 3.8) is 0 Å². The van der Waals surface area contributed by atoms with Crippen molar-refractivity contribution in [2.75, 3.05) is 20.6 Å². The van der Waals surface area contributed by atoms with E-state index in [9.17, 15) is 9.59 Å². The number of carbonyl (C=O) groups is 2. The van der Waals surface area contributed by atoms with E-state index in [1.165, 1.54) is 0 Å². The molecule has 0 atom stereocenters. The Morgan fingerprint density at radius 2 is 1.64 bits per heavy atom. The summed E-state index contributed by atoms with van der Waals surface area (Å²) in [7, 11) is 3.46. The second kappa shape index (κ2) is 9.93. The quantitative estimate of drug-likeness (QED) is 0.698. The fourth-order valence-electron chi connectivity index (χ4n) is 2.90. The molecule has 0 aliphatic carbocycles. The molecule has 0 fully saturated rings. The molecule has 5 heteroatoms. The second-order valence-corrected chi connectivity index (χ2v) is 7.26. The molecule has 0 unspecified atom stereocenters. The van der Waals surface area contributed by atoms with Gasteiger partial charge in [-0.1, -0.05) is 30.3 Å². The predicted molar refractivity (Wildman–Crippen MR) is 111 cm³/mol. The van der Waals surface area contributed by atoms with E-state index < -0.39 is 0 Å². The summed E-state index contributed by atoms with van der Waals surface area (Å²) in [6.07, 6.45) is 0.357. The van der Waals surface area contributed by atoms with Gasteiger partial charge in [-0.3, -0.25) is 9.59 Å². The van der Waals surface area contributed by atoms with Crippen LogP contribution in [0.2, 0.25) is 0 Å². The molecule has 0 bridgehead atoms. The van der Waals surface area contributed by atoms with Gasteiger partial charge < -0.3 is 14.5 Å². The van der Waals surface area contributed by atoms with Gasteiger partial charge in [0.15, 0.2) is 0 Å². The maximum absolute atomic E-state index is 12.9. The molecule has 0 saturated heterocycles. The summed E-state index contributed by atoms with van der Waals surface area (Å²) < 4.78 is 5.83. The number of nitrogens with zero attached hydrogens (tertiary/aromatic N) is 2. The van der Waals surface area contributed by atoms with Gasteiger partial charge in [-0.2, -0.15) is 0 Å². The van der Waals surface area contributed by atoms with Crippen LogP contribution in [-0.4, -0.2) is 48.4 Å². The van der Waals surface area contributed by atoms with Crippen molar-refractivity contribution in [1.82, 2.24) is 9.80 Å². The number of amides is 2. The van der Waals surface area contributed by atoms with Gasteiger partial charge >= 0.3 is 0 Å². The highest BCUT2D eigenvalue weighted by Gasteiger charge is 2.16. The van der Waals surface area contributed by atoms with Gasteiger partial charge in [-0.25, -0.2) is 0 Å². The van der Waals surface area contributed by atoms with Crippen molar-refractivity contribution < 1.29 is 14.3 Å². The molecule has 0 aliphatic rings. The van der Waals surface area contributed by atoms with Gasteiger partial charge in [0.2, 0.25) is 5.91 Å². The molecule has 150 valence electrons. The maximum Gasteiger partial charge on any atom is 0.253 e. The van der Waals surface area contributed by atoms with Crippen LogP contribution in [0.3, 0.4) is 0 Å². The minimum absolute atomic E-state index is 0.0308. The number of hydrogen-bond donors (Lipinski definition) is 0. The third-order valence-corrected chi connectivity index (χ3v) is 4.39. The van der Waals surface area contributed by atoms with Gasteiger partial charge in [-0.15, -0.1) is 0 Å². The minimum atomic E-state index is -0.0308. The second-order valence-electron chi connectivity index (χ2n) is 7.26. The highest BCUT2D eigenvalue weighted by molar-refractivity contribution is 5.93. The van der Waals surface area contributed by atoms with Crippen LogP contribution >= 0.6 is 0 Å². The average molecular weight is 383 g/mol. The molecular weight excluding hydrogens is 352 g/mol. The van der Waals surface area contributed by atoms with Gasteiger partial charge in [-0.05, 0) is 44.5 Å². The first-order valence-electron chi connectivity index (χ1n) is 9.64. The van der Waals surface area contributed by atoms with Crippen LogP contribution in [0.1, 0.15) is 42.3 Å². The molecule has 2 rings (SSSR count). The highest BCUT2D eigenvalue weighted by Crippen LogP contribution is 2.21. The third-order valence-electron chi connectivity index (χ3n) is 4.39. The largest absolute Gasteiger partial charge is 0.491 e. The number of para-hydroxylation sites is 1. The van der Waals surface area contributed by atoms with Crippen LogP contribution in [0.5, 0.6) is 5.75 Å². The van der Waals surface area contributed by atoms with E-state index in [1.807, 2.05) is 74.2 Å². The molecular formula is C23H30N2O3. The fourth-order valence-corrected chi connectivity index (χ4v) is 2.90. The normalized spacial score (nSPS) is 10.6. The van der Waals surface area contributed by atoms with E-state index in [4.69, 9.17) is 4.74 Å². The Morgan fingerprint density at radius 3 is 2.21 bits per heavy atom. The van der Waals surface area contributed by atoms with Crippen LogP contribution in [0.15, 0.2) is 48.5 Å². The molecule has 2 amide bonds. The predicted octanol–water partition coefficient (Wildman–Crippen LogP) is 3.77. The van der Waals surface area contributed by atoms with Crippen LogP contribution in [0.4, 0.5) is 0 Å². The molecule has 0 spiro atoms. The Hall–Kier alpha value is -2.82. The monoisotopic (exact) mass is 382 g/mol. The number of rotatable bonds is 8. The van der Waals surface area contributed by atoms with Gasteiger partial charge in [0.1, 0.15) is 5.75 Å². The van der Waals surface area contributed by atoms with Crippen LogP contribution < -0.4 is 4.74 Å². The van der Waals surface area contributed by atoms with Crippen LogP contribution in [0.25, 0.3) is 0 Å². The van der Waals surface area contributed by atoms with E-state index >= 15 is 0 Å². The Bertz CT molecular complexity index is 798. The van der Waals surface area contributed by atoms with Crippen molar-refractivity contribution in [1.29, 1.82) is 0 Å². The lowest BCUT2D eigenvalue weighted by molar-refractivity contribution is -0.130. The lowest BCUT2D eigenvalue weighted by Crippen LogP contribution is -2.31. The Morgan fingerprint density at radius 1 is 1.00 bits per heavy atom. The molecule has 2 aromatic rings. The zero-order valence-electron chi connectivity index (χ0n) is 17.4. The number of likely N-dealkylation sites (N-methyl/N-ethyl adjacent to an activating group) is 1. The maximum atomic E-state index is 12.9. The summed E-state index contributed by atoms with van der Waals surface area (Å²) in [5, 5.41) is 0. The number of hydrogen-bond acceptors (Lipinski definition) is 3. The smallest absolute Gasteiger partial charge is 0.253 e. The summed E-state index contributed by atoms with van der Waals surface area (Å²) in [5.74, 6) is 0.779. The van der Waals surface area contributed by atoms with Crippen molar-refractivity contribution in [2.24, 2.45) is 0 Å². The van der Waals surface area contributed by atoms with Crippen molar-refractivity contribution in [3.05, 3.63) is 65.2 Å². The van der Waals surface area contributed by atoms with E-state index in [0.717, 1.165) is 16.9 Å². The Labute approximate surface area is 167 Å². The van der Waals surface area contributed by atoms with Gasteiger partial charge in [0.25, 0.3) is 5.91 Å². The van der Waals surface area contributed by atoms with E-state index in [1.54, 1.807) is 19.0 Å². The number of ether oxygens (including phenoxy) is 1. The zero-order valence-corrected chi connectivity index (χ0v) is 17.4. The molecule has 5 nitrogen and oxygen atoms in total. The summed E-state index contributed by atoms with van der Waals surface area (Å²) >= 11 is 0. The minimum Gasteiger partial charge on any atom is -0.491 e. The molecule has 0 aliphatic heterocycles. The van der Waals surface area contributed by atoms with Gasteiger partial charge in [0, 0.05) is 38.3 Å². The Balaban J connectivity index is 2.07. The lowest BCUT2D eigenvalue weighted by Gasteiger charge is -2.22.